The van der Waals surface area contributed by atoms with Gasteiger partial charge in [0.1, 0.15) is 5.82 Å². The van der Waals surface area contributed by atoms with E-state index in [2.05, 4.69) is 17.3 Å². The molecule has 1 aromatic rings. The molecule has 2 fully saturated rings. The summed E-state index contributed by atoms with van der Waals surface area (Å²) in [6.07, 6.45) is 6.17. The lowest BCUT2D eigenvalue weighted by atomic mass is 9.75. The van der Waals surface area contributed by atoms with Crippen LogP contribution < -0.4 is 5.32 Å². The van der Waals surface area contributed by atoms with Crippen LogP contribution in [0.4, 0.5) is 4.39 Å². The SMILES string of the molecule is CN1CCCCC1CNC1CC(c2ccccc2F)C1. The molecular formula is C17H25FN2. The van der Waals surface area contributed by atoms with E-state index >= 15 is 0 Å². The van der Waals surface area contributed by atoms with E-state index < -0.39 is 0 Å². The third-order valence-corrected chi connectivity index (χ3v) is 5.05. The van der Waals surface area contributed by atoms with E-state index in [9.17, 15) is 4.39 Å². The third kappa shape index (κ3) is 3.04. The molecule has 1 N–H and O–H groups in total. The van der Waals surface area contributed by atoms with E-state index in [1.807, 2.05) is 12.1 Å². The minimum Gasteiger partial charge on any atom is -0.312 e. The van der Waals surface area contributed by atoms with Gasteiger partial charge in [-0.25, -0.2) is 4.39 Å². The van der Waals surface area contributed by atoms with Crippen molar-refractivity contribution in [3.63, 3.8) is 0 Å². The van der Waals surface area contributed by atoms with Crippen molar-refractivity contribution in [1.29, 1.82) is 0 Å². The van der Waals surface area contributed by atoms with Gasteiger partial charge in [-0.15, -0.1) is 0 Å². The van der Waals surface area contributed by atoms with Gasteiger partial charge in [-0.3, -0.25) is 0 Å². The number of halogens is 1. The summed E-state index contributed by atoms with van der Waals surface area (Å²) in [5.74, 6) is 0.376. The molecule has 0 spiro atoms. The lowest BCUT2D eigenvalue weighted by Gasteiger charge is -2.39. The van der Waals surface area contributed by atoms with Gasteiger partial charge in [-0.05, 0) is 56.8 Å². The lowest BCUT2D eigenvalue weighted by Crippen LogP contribution is -2.48. The second-order valence-corrected chi connectivity index (χ2v) is 6.43. The summed E-state index contributed by atoms with van der Waals surface area (Å²) in [5.41, 5.74) is 0.903. The smallest absolute Gasteiger partial charge is 0.126 e. The first kappa shape index (κ1) is 14.0. The second kappa shape index (κ2) is 6.23. The van der Waals surface area contributed by atoms with Crippen molar-refractivity contribution in [1.82, 2.24) is 10.2 Å². The number of benzene rings is 1. The Morgan fingerprint density at radius 3 is 2.80 bits per heavy atom. The lowest BCUT2D eigenvalue weighted by molar-refractivity contribution is 0.166. The predicted octanol–water partition coefficient (Wildman–Crippen LogP) is 3.15. The topological polar surface area (TPSA) is 15.3 Å². The van der Waals surface area contributed by atoms with Crippen LogP contribution in [-0.2, 0) is 0 Å². The maximum Gasteiger partial charge on any atom is 0.126 e. The number of nitrogens with one attached hydrogen (secondary N) is 1. The average molecular weight is 276 g/mol. The first-order chi connectivity index (χ1) is 9.74. The minimum absolute atomic E-state index is 0.0389. The number of likely N-dealkylation sites (tertiary alicyclic amines) is 1. The number of piperidine rings is 1. The highest BCUT2D eigenvalue weighted by Crippen LogP contribution is 2.38. The maximum atomic E-state index is 13.7. The molecule has 2 aliphatic rings. The van der Waals surface area contributed by atoms with Crippen molar-refractivity contribution in [3.8, 4) is 0 Å². The van der Waals surface area contributed by atoms with E-state index in [0.717, 1.165) is 24.9 Å². The second-order valence-electron chi connectivity index (χ2n) is 6.43. The molecule has 0 radical (unpaired) electrons. The largest absolute Gasteiger partial charge is 0.312 e. The molecule has 1 aliphatic carbocycles. The Balaban J connectivity index is 1.43. The molecule has 1 saturated heterocycles. The normalized spacial score (nSPS) is 31.0. The highest BCUT2D eigenvalue weighted by atomic mass is 19.1. The monoisotopic (exact) mass is 276 g/mol. The highest BCUT2D eigenvalue weighted by molar-refractivity contribution is 5.24. The number of rotatable bonds is 4. The van der Waals surface area contributed by atoms with Crippen molar-refractivity contribution >= 4 is 0 Å². The predicted molar refractivity (Wildman–Crippen MR) is 80.4 cm³/mol. The van der Waals surface area contributed by atoms with E-state index in [4.69, 9.17) is 0 Å². The molecule has 1 aromatic carbocycles. The van der Waals surface area contributed by atoms with Crippen LogP contribution >= 0.6 is 0 Å². The molecule has 0 bridgehead atoms. The Morgan fingerprint density at radius 2 is 2.05 bits per heavy atom. The first-order valence-corrected chi connectivity index (χ1v) is 7.92. The minimum atomic E-state index is -0.0389. The molecule has 1 unspecified atom stereocenters. The summed E-state index contributed by atoms with van der Waals surface area (Å²) in [5, 5.41) is 3.67. The third-order valence-electron chi connectivity index (χ3n) is 5.05. The standard InChI is InChI=1S/C17H25FN2/c1-20-9-5-4-6-15(20)12-19-14-10-13(11-14)16-7-2-3-8-17(16)18/h2-3,7-8,13-15,19H,4-6,9-12H2,1H3. The number of hydrogen-bond acceptors (Lipinski definition) is 2. The Labute approximate surface area is 121 Å². The van der Waals surface area contributed by atoms with E-state index in [0.29, 0.717) is 18.0 Å². The number of likely N-dealkylation sites (N-methyl/N-ethyl adjacent to an activating group) is 1. The van der Waals surface area contributed by atoms with E-state index in [1.165, 1.54) is 25.8 Å². The maximum absolute atomic E-state index is 13.7. The Morgan fingerprint density at radius 1 is 1.25 bits per heavy atom. The van der Waals surface area contributed by atoms with Gasteiger partial charge in [0, 0.05) is 18.6 Å². The van der Waals surface area contributed by atoms with Gasteiger partial charge < -0.3 is 10.2 Å². The summed E-state index contributed by atoms with van der Waals surface area (Å²) < 4.78 is 13.7. The van der Waals surface area contributed by atoms with Crippen LogP contribution in [0.5, 0.6) is 0 Å². The van der Waals surface area contributed by atoms with Crippen LogP contribution in [0, 0.1) is 5.82 Å². The van der Waals surface area contributed by atoms with Gasteiger partial charge >= 0.3 is 0 Å². The van der Waals surface area contributed by atoms with Gasteiger partial charge in [0.25, 0.3) is 0 Å². The van der Waals surface area contributed by atoms with E-state index in [-0.39, 0.29) is 5.82 Å². The molecule has 3 heteroatoms. The van der Waals surface area contributed by atoms with Gasteiger partial charge in [-0.1, -0.05) is 24.6 Å². The summed E-state index contributed by atoms with van der Waals surface area (Å²) in [6.45, 7) is 2.32. The molecule has 1 heterocycles. The molecule has 20 heavy (non-hydrogen) atoms. The fourth-order valence-electron chi connectivity index (χ4n) is 3.55. The quantitative estimate of drug-likeness (QED) is 0.909. The Hall–Kier alpha value is -0.930. The molecular weight excluding hydrogens is 251 g/mol. The van der Waals surface area contributed by atoms with Gasteiger partial charge in [0.15, 0.2) is 0 Å². The van der Waals surface area contributed by atoms with Crippen molar-refractivity contribution in [2.75, 3.05) is 20.1 Å². The van der Waals surface area contributed by atoms with Gasteiger partial charge in [0.05, 0.1) is 0 Å². The molecule has 3 rings (SSSR count). The van der Waals surface area contributed by atoms with Crippen LogP contribution in [-0.4, -0.2) is 37.1 Å². The van der Waals surface area contributed by atoms with Crippen LogP contribution in [0.3, 0.4) is 0 Å². The number of hydrogen-bond donors (Lipinski definition) is 1. The Kier molecular flexibility index (Phi) is 4.37. The van der Waals surface area contributed by atoms with Gasteiger partial charge in [0.2, 0.25) is 0 Å². The van der Waals surface area contributed by atoms with Crippen molar-refractivity contribution < 1.29 is 4.39 Å². The average Bonchev–Trinajstić information content (AvgIpc) is 2.41. The van der Waals surface area contributed by atoms with Crippen LogP contribution in [0.2, 0.25) is 0 Å². The van der Waals surface area contributed by atoms with Crippen molar-refractivity contribution in [2.24, 2.45) is 0 Å². The summed E-state index contributed by atoms with van der Waals surface area (Å²) in [4.78, 5) is 2.48. The zero-order valence-electron chi connectivity index (χ0n) is 12.3. The van der Waals surface area contributed by atoms with E-state index in [1.54, 1.807) is 12.1 Å². The highest BCUT2D eigenvalue weighted by Gasteiger charge is 2.32. The molecule has 1 aliphatic heterocycles. The molecule has 110 valence electrons. The Bertz CT molecular complexity index is 442. The molecule has 0 aromatic heterocycles. The van der Waals surface area contributed by atoms with Crippen LogP contribution in [0.15, 0.2) is 24.3 Å². The summed E-state index contributed by atoms with van der Waals surface area (Å²) in [7, 11) is 2.23. The zero-order valence-corrected chi connectivity index (χ0v) is 12.3. The molecule has 2 nitrogen and oxygen atoms in total. The fourth-order valence-corrected chi connectivity index (χ4v) is 3.55. The number of nitrogens with zero attached hydrogens (tertiary/aromatic N) is 1. The van der Waals surface area contributed by atoms with Gasteiger partial charge in [-0.2, -0.15) is 0 Å². The first-order valence-electron chi connectivity index (χ1n) is 7.92. The van der Waals surface area contributed by atoms with Crippen molar-refractivity contribution in [2.45, 2.75) is 50.1 Å². The summed E-state index contributed by atoms with van der Waals surface area (Å²) in [6, 6.07) is 8.49. The fraction of sp³-hybridized carbons (Fsp3) is 0.647. The molecule has 1 saturated carbocycles. The van der Waals surface area contributed by atoms with Crippen molar-refractivity contribution in [3.05, 3.63) is 35.6 Å². The van der Waals surface area contributed by atoms with Crippen LogP contribution in [0.25, 0.3) is 0 Å². The van der Waals surface area contributed by atoms with Crippen LogP contribution in [0.1, 0.15) is 43.6 Å². The molecule has 0 amide bonds. The zero-order chi connectivity index (χ0) is 13.9. The molecule has 1 atom stereocenters. The summed E-state index contributed by atoms with van der Waals surface area (Å²) >= 11 is 0.